The standard InChI is InChI=1S/C23H31N3O5/c1-16(2)25(13-18-7-5-4-6-8-18)19(27)15-31-20(28)14-26-21(29)23(24-22(26)30)11-9-17(3)10-12-23/h4-8,16-17H,9-15H2,1-3H3,(H,24,30). The van der Waals surface area contributed by atoms with E-state index in [1.54, 1.807) is 4.90 Å². The number of benzene rings is 1. The van der Waals surface area contributed by atoms with Crippen molar-refractivity contribution in [3.63, 3.8) is 0 Å². The minimum Gasteiger partial charge on any atom is -0.454 e. The van der Waals surface area contributed by atoms with Gasteiger partial charge in [0.25, 0.3) is 11.8 Å². The molecule has 2 fully saturated rings. The van der Waals surface area contributed by atoms with E-state index in [0.717, 1.165) is 23.3 Å². The number of nitrogens with zero attached hydrogens (tertiary/aromatic N) is 2. The molecule has 2 aliphatic rings. The summed E-state index contributed by atoms with van der Waals surface area (Å²) in [4.78, 5) is 52.6. The van der Waals surface area contributed by atoms with E-state index in [4.69, 9.17) is 4.74 Å². The number of carbonyl (C=O) groups excluding carboxylic acids is 4. The second kappa shape index (κ2) is 9.49. The number of urea groups is 1. The number of esters is 1. The van der Waals surface area contributed by atoms with Crippen LogP contribution in [0.3, 0.4) is 0 Å². The Morgan fingerprint density at radius 1 is 1.19 bits per heavy atom. The predicted molar refractivity (Wildman–Crippen MR) is 114 cm³/mol. The van der Waals surface area contributed by atoms with E-state index < -0.39 is 30.7 Å². The molecule has 1 aromatic rings. The maximum absolute atomic E-state index is 12.8. The molecule has 4 amide bonds. The van der Waals surface area contributed by atoms with Crippen LogP contribution < -0.4 is 5.32 Å². The average molecular weight is 430 g/mol. The van der Waals surface area contributed by atoms with Crippen molar-refractivity contribution in [2.24, 2.45) is 5.92 Å². The molecule has 168 valence electrons. The van der Waals surface area contributed by atoms with E-state index in [-0.39, 0.29) is 17.9 Å². The fourth-order valence-corrected chi connectivity index (χ4v) is 4.15. The molecule has 0 aromatic heterocycles. The Kier molecular flexibility index (Phi) is 6.97. The van der Waals surface area contributed by atoms with Gasteiger partial charge in [-0.25, -0.2) is 4.79 Å². The SMILES string of the molecule is CC1CCC2(CC1)NC(=O)N(CC(=O)OCC(=O)N(Cc1ccccc1)C(C)C)C2=O. The summed E-state index contributed by atoms with van der Waals surface area (Å²) >= 11 is 0. The first-order valence-corrected chi connectivity index (χ1v) is 10.8. The van der Waals surface area contributed by atoms with Crippen molar-refractivity contribution >= 4 is 23.8 Å². The molecule has 1 heterocycles. The van der Waals surface area contributed by atoms with Crippen molar-refractivity contribution < 1.29 is 23.9 Å². The molecule has 1 saturated heterocycles. The summed E-state index contributed by atoms with van der Waals surface area (Å²) in [6.07, 6.45) is 2.85. The van der Waals surface area contributed by atoms with Crippen LogP contribution in [-0.4, -0.2) is 58.3 Å². The minimum atomic E-state index is -0.899. The third-order valence-corrected chi connectivity index (χ3v) is 6.16. The number of carbonyl (C=O) groups is 4. The van der Waals surface area contributed by atoms with Gasteiger partial charge in [0.1, 0.15) is 12.1 Å². The van der Waals surface area contributed by atoms with Gasteiger partial charge in [-0.15, -0.1) is 0 Å². The Labute approximate surface area is 182 Å². The fourth-order valence-electron chi connectivity index (χ4n) is 4.15. The Morgan fingerprint density at radius 2 is 1.84 bits per heavy atom. The number of hydrogen-bond acceptors (Lipinski definition) is 5. The highest BCUT2D eigenvalue weighted by Gasteiger charge is 2.52. The molecule has 1 N–H and O–H groups in total. The van der Waals surface area contributed by atoms with Crippen molar-refractivity contribution in [1.29, 1.82) is 0 Å². The Morgan fingerprint density at radius 3 is 2.45 bits per heavy atom. The van der Waals surface area contributed by atoms with Crippen molar-refractivity contribution in [1.82, 2.24) is 15.1 Å². The van der Waals surface area contributed by atoms with Crippen LogP contribution in [0.4, 0.5) is 4.79 Å². The number of rotatable bonds is 7. The van der Waals surface area contributed by atoms with E-state index in [1.807, 2.05) is 44.2 Å². The maximum atomic E-state index is 12.8. The molecule has 8 heteroatoms. The van der Waals surface area contributed by atoms with E-state index >= 15 is 0 Å². The number of ether oxygens (including phenoxy) is 1. The number of nitrogens with one attached hydrogen (secondary N) is 1. The Balaban J connectivity index is 1.53. The largest absolute Gasteiger partial charge is 0.454 e. The van der Waals surface area contributed by atoms with Crippen molar-refractivity contribution in [2.75, 3.05) is 13.2 Å². The summed E-state index contributed by atoms with van der Waals surface area (Å²) in [7, 11) is 0. The van der Waals surface area contributed by atoms with Gasteiger partial charge in [-0.3, -0.25) is 19.3 Å². The molecule has 1 saturated carbocycles. The summed E-state index contributed by atoms with van der Waals surface area (Å²) in [5, 5.41) is 2.77. The smallest absolute Gasteiger partial charge is 0.326 e. The molecular weight excluding hydrogens is 398 g/mol. The van der Waals surface area contributed by atoms with Gasteiger partial charge in [0.2, 0.25) is 0 Å². The molecule has 0 atom stereocenters. The first-order chi connectivity index (χ1) is 14.7. The van der Waals surface area contributed by atoms with Gasteiger partial charge in [0.05, 0.1) is 0 Å². The Hall–Kier alpha value is -2.90. The number of imide groups is 1. The monoisotopic (exact) mass is 429 g/mol. The molecule has 0 bridgehead atoms. The van der Waals surface area contributed by atoms with Gasteiger partial charge in [0.15, 0.2) is 6.61 Å². The van der Waals surface area contributed by atoms with Crippen LogP contribution in [0.15, 0.2) is 30.3 Å². The second-order valence-corrected chi connectivity index (χ2v) is 8.85. The minimum absolute atomic E-state index is 0.0779. The van der Waals surface area contributed by atoms with Crippen LogP contribution >= 0.6 is 0 Å². The lowest BCUT2D eigenvalue weighted by molar-refractivity contribution is -0.154. The third kappa shape index (κ3) is 5.24. The predicted octanol–water partition coefficient (Wildman–Crippen LogP) is 2.47. The van der Waals surface area contributed by atoms with E-state index in [9.17, 15) is 19.2 Å². The zero-order valence-electron chi connectivity index (χ0n) is 18.4. The normalized spacial score (nSPS) is 23.2. The lowest BCUT2D eigenvalue weighted by Gasteiger charge is -2.33. The summed E-state index contributed by atoms with van der Waals surface area (Å²) < 4.78 is 5.12. The molecule has 1 spiro atoms. The van der Waals surface area contributed by atoms with Crippen molar-refractivity contribution in [3.8, 4) is 0 Å². The van der Waals surface area contributed by atoms with Crippen LogP contribution in [0.2, 0.25) is 0 Å². The topological polar surface area (TPSA) is 96.0 Å². The Bertz CT molecular complexity index is 831. The highest BCUT2D eigenvalue weighted by molar-refractivity contribution is 6.08. The third-order valence-electron chi connectivity index (χ3n) is 6.16. The van der Waals surface area contributed by atoms with Crippen LogP contribution in [0.25, 0.3) is 0 Å². The van der Waals surface area contributed by atoms with Gasteiger partial charge >= 0.3 is 12.0 Å². The zero-order chi connectivity index (χ0) is 22.6. The molecule has 3 rings (SSSR count). The molecule has 0 radical (unpaired) electrons. The van der Waals surface area contributed by atoms with E-state index in [0.29, 0.717) is 25.3 Å². The van der Waals surface area contributed by atoms with E-state index in [2.05, 4.69) is 12.2 Å². The molecule has 1 aromatic carbocycles. The first kappa shape index (κ1) is 22.8. The summed E-state index contributed by atoms with van der Waals surface area (Å²) in [6.45, 7) is 5.38. The van der Waals surface area contributed by atoms with Gasteiger partial charge in [0, 0.05) is 12.6 Å². The van der Waals surface area contributed by atoms with Gasteiger partial charge < -0.3 is 15.0 Å². The highest BCUT2D eigenvalue weighted by Crippen LogP contribution is 2.36. The van der Waals surface area contributed by atoms with Gasteiger partial charge in [-0.2, -0.15) is 0 Å². The lowest BCUT2D eigenvalue weighted by Crippen LogP contribution is -2.49. The van der Waals surface area contributed by atoms with Crippen LogP contribution in [0, 0.1) is 5.92 Å². The fraction of sp³-hybridized carbons (Fsp3) is 0.565. The average Bonchev–Trinajstić information content (AvgIpc) is 2.97. The number of hydrogen-bond donors (Lipinski definition) is 1. The summed E-state index contributed by atoms with van der Waals surface area (Å²) in [5.41, 5.74) is 0.0754. The van der Waals surface area contributed by atoms with E-state index in [1.165, 1.54) is 0 Å². The molecule has 8 nitrogen and oxygen atoms in total. The van der Waals surface area contributed by atoms with Crippen LogP contribution in [0.5, 0.6) is 0 Å². The van der Waals surface area contributed by atoms with Crippen LogP contribution in [-0.2, 0) is 25.7 Å². The quantitative estimate of drug-likeness (QED) is 0.531. The zero-order valence-corrected chi connectivity index (χ0v) is 18.4. The molecule has 1 aliphatic heterocycles. The molecule has 1 aliphatic carbocycles. The van der Waals surface area contributed by atoms with Crippen LogP contribution in [0.1, 0.15) is 52.0 Å². The van der Waals surface area contributed by atoms with Gasteiger partial charge in [-0.1, -0.05) is 37.3 Å². The lowest BCUT2D eigenvalue weighted by atomic mass is 9.77. The number of amides is 4. The second-order valence-electron chi connectivity index (χ2n) is 8.85. The highest BCUT2D eigenvalue weighted by atomic mass is 16.5. The molecular formula is C23H31N3O5. The first-order valence-electron chi connectivity index (χ1n) is 10.8. The maximum Gasteiger partial charge on any atom is 0.326 e. The summed E-state index contributed by atoms with van der Waals surface area (Å²) in [5.74, 6) is -0.968. The molecule has 31 heavy (non-hydrogen) atoms. The van der Waals surface area contributed by atoms with Crippen molar-refractivity contribution in [2.45, 2.75) is 64.6 Å². The molecule has 0 unspecified atom stereocenters. The van der Waals surface area contributed by atoms with Gasteiger partial charge in [-0.05, 0) is 51.0 Å². The summed E-state index contributed by atoms with van der Waals surface area (Å²) in [6, 6.07) is 8.90. The van der Waals surface area contributed by atoms with Crippen molar-refractivity contribution in [3.05, 3.63) is 35.9 Å².